The Labute approximate surface area is 199 Å². The summed E-state index contributed by atoms with van der Waals surface area (Å²) in [4.78, 5) is 18.0. The molecule has 0 radical (unpaired) electrons. The molecule has 2 heterocycles. The maximum absolute atomic E-state index is 13.1. The summed E-state index contributed by atoms with van der Waals surface area (Å²) in [5.74, 6) is 0.0494. The molecule has 1 aliphatic heterocycles. The Kier molecular flexibility index (Phi) is 6.95. The molecule has 7 nitrogen and oxygen atoms in total. The van der Waals surface area contributed by atoms with E-state index in [4.69, 9.17) is 9.72 Å². The van der Waals surface area contributed by atoms with Crippen molar-refractivity contribution in [2.45, 2.75) is 49.5 Å². The van der Waals surface area contributed by atoms with Gasteiger partial charge in [0.15, 0.2) is 10.9 Å². The Hall–Kier alpha value is -2.20. The van der Waals surface area contributed by atoms with Gasteiger partial charge in [-0.05, 0) is 63.1 Å². The number of ketones is 1. The summed E-state index contributed by atoms with van der Waals surface area (Å²) in [6, 6.07) is 10.8. The molecule has 0 N–H and O–H groups in total. The first-order valence-corrected chi connectivity index (χ1v) is 13.4. The van der Waals surface area contributed by atoms with Gasteiger partial charge in [0.2, 0.25) is 10.0 Å². The number of imidazole rings is 1. The maximum atomic E-state index is 13.1. The summed E-state index contributed by atoms with van der Waals surface area (Å²) in [6.45, 7) is 10.1. The van der Waals surface area contributed by atoms with E-state index in [1.165, 1.54) is 16.1 Å². The van der Waals surface area contributed by atoms with Crippen LogP contribution in [-0.2, 0) is 21.3 Å². The van der Waals surface area contributed by atoms with E-state index in [1.807, 2.05) is 50.5 Å². The number of Topliss-reactive ketones (excluding diaryl/α,β-unsaturated/α-hetero) is 1. The van der Waals surface area contributed by atoms with E-state index in [-0.39, 0.29) is 15.9 Å². The SMILES string of the molecule is CCn1c(SC(C)C(=O)c2ccc(C)c(C)c2)nc2cc(S(=O)(=O)N3CCOCC3)ccc21. The van der Waals surface area contributed by atoms with E-state index in [1.54, 1.807) is 18.2 Å². The molecule has 1 aliphatic rings. The van der Waals surface area contributed by atoms with Crippen LogP contribution in [0.25, 0.3) is 11.0 Å². The molecule has 2 aromatic carbocycles. The number of ether oxygens (including phenoxy) is 1. The van der Waals surface area contributed by atoms with E-state index in [2.05, 4.69) is 0 Å². The van der Waals surface area contributed by atoms with E-state index in [0.717, 1.165) is 16.6 Å². The standard InChI is InChI=1S/C24H29N3O4S2/c1-5-27-22-9-8-20(33(29,30)26-10-12-31-13-11-26)15-21(22)25-24(27)32-18(4)23(28)19-7-6-16(2)17(3)14-19/h6-9,14-15,18H,5,10-13H2,1-4H3. The van der Waals surface area contributed by atoms with Gasteiger partial charge in [-0.2, -0.15) is 4.31 Å². The third-order valence-corrected chi connectivity index (χ3v) is 9.04. The van der Waals surface area contributed by atoms with Crippen molar-refractivity contribution in [3.63, 3.8) is 0 Å². The van der Waals surface area contributed by atoms with Crippen LogP contribution in [0, 0.1) is 13.8 Å². The molecular formula is C24H29N3O4S2. The monoisotopic (exact) mass is 487 g/mol. The first kappa shape index (κ1) is 23.9. The number of fused-ring (bicyclic) bond motifs is 1. The minimum absolute atomic E-state index is 0.0494. The number of morpholine rings is 1. The van der Waals surface area contributed by atoms with Gasteiger partial charge < -0.3 is 9.30 Å². The molecule has 3 aromatic rings. The number of carbonyl (C=O) groups is 1. The lowest BCUT2D eigenvalue weighted by Gasteiger charge is -2.26. The minimum atomic E-state index is -3.60. The van der Waals surface area contributed by atoms with Gasteiger partial charge in [-0.25, -0.2) is 13.4 Å². The lowest BCUT2D eigenvalue weighted by molar-refractivity contribution is 0.0730. The average Bonchev–Trinajstić information content (AvgIpc) is 3.16. The van der Waals surface area contributed by atoms with Crippen molar-refractivity contribution >= 4 is 38.6 Å². The summed E-state index contributed by atoms with van der Waals surface area (Å²) < 4.78 is 34.9. The predicted octanol–water partition coefficient (Wildman–Crippen LogP) is 4.06. The van der Waals surface area contributed by atoms with Crippen LogP contribution in [0.2, 0.25) is 0 Å². The molecule has 0 saturated carbocycles. The third kappa shape index (κ3) is 4.73. The molecule has 33 heavy (non-hydrogen) atoms. The number of hydrogen-bond acceptors (Lipinski definition) is 6. The zero-order valence-electron chi connectivity index (χ0n) is 19.4. The Balaban J connectivity index is 1.62. The van der Waals surface area contributed by atoms with Gasteiger partial charge in [0.05, 0.1) is 34.4 Å². The second kappa shape index (κ2) is 9.58. The highest BCUT2D eigenvalue weighted by atomic mass is 32.2. The van der Waals surface area contributed by atoms with Gasteiger partial charge in [0.1, 0.15) is 0 Å². The van der Waals surface area contributed by atoms with Crippen LogP contribution < -0.4 is 0 Å². The van der Waals surface area contributed by atoms with Crippen LogP contribution in [0.4, 0.5) is 0 Å². The number of aromatic nitrogens is 2. The highest BCUT2D eigenvalue weighted by Gasteiger charge is 2.27. The summed E-state index contributed by atoms with van der Waals surface area (Å²) in [7, 11) is -3.60. The number of rotatable bonds is 7. The summed E-state index contributed by atoms with van der Waals surface area (Å²) in [5, 5.41) is 0.379. The van der Waals surface area contributed by atoms with Crippen LogP contribution in [-0.4, -0.2) is 59.6 Å². The highest BCUT2D eigenvalue weighted by molar-refractivity contribution is 8.00. The molecule has 0 spiro atoms. The molecule has 9 heteroatoms. The summed E-state index contributed by atoms with van der Waals surface area (Å²) >= 11 is 1.40. The van der Waals surface area contributed by atoms with Crippen molar-refractivity contribution in [2.75, 3.05) is 26.3 Å². The van der Waals surface area contributed by atoms with E-state index >= 15 is 0 Å². The molecule has 0 bridgehead atoms. The maximum Gasteiger partial charge on any atom is 0.243 e. The fourth-order valence-corrected chi connectivity index (χ4v) is 6.41. The number of carbonyl (C=O) groups excluding carboxylic acids is 1. The third-order valence-electron chi connectivity index (χ3n) is 6.05. The molecule has 176 valence electrons. The van der Waals surface area contributed by atoms with Gasteiger partial charge in [-0.15, -0.1) is 0 Å². The van der Waals surface area contributed by atoms with Gasteiger partial charge in [-0.3, -0.25) is 4.79 Å². The smallest absolute Gasteiger partial charge is 0.243 e. The number of aryl methyl sites for hydroxylation is 3. The highest BCUT2D eigenvalue weighted by Crippen LogP contribution is 2.31. The fourth-order valence-electron chi connectivity index (χ4n) is 3.92. The van der Waals surface area contributed by atoms with Crippen LogP contribution in [0.15, 0.2) is 46.5 Å². The zero-order valence-corrected chi connectivity index (χ0v) is 21.0. The van der Waals surface area contributed by atoms with Crippen LogP contribution in [0.1, 0.15) is 35.3 Å². The fraction of sp³-hybridized carbons (Fsp3) is 0.417. The lowest BCUT2D eigenvalue weighted by atomic mass is 10.0. The number of benzene rings is 2. The Morgan fingerprint density at radius 2 is 1.85 bits per heavy atom. The van der Waals surface area contributed by atoms with E-state index in [0.29, 0.717) is 49.1 Å². The van der Waals surface area contributed by atoms with Gasteiger partial charge in [0, 0.05) is 25.2 Å². The number of hydrogen-bond donors (Lipinski definition) is 0. The minimum Gasteiger partial charge on any atom is -0.379 e. The molecule has 1 fully saturated rings. The summed E-state index contributed by atoms with van der Waals surface area (Å²) in [6.07, 6.45) is 0. The van der Waals surface area contributed by atoms with Gasteiger partial charge in [-0.1, -0.05) is 23.9 Å². The van der Waals surface area contributed by atoms with Crippen molar-refractivity contribution in [1.82, 2.24) is 13.9 Å². The molecular weight excluding hydrogens is 458 g/mol. The number of sulfonamides is 1. The van der Waals surface area contributed by atoms with Gasteiger partial charge >= 0.3 is 0 Å². The first-order valence-electron chi connectivity index (χ1n) is 11.1. The molecule has 0 aliphatic carbocycles. The van der Waals surface area contributed by atoms with Crippen LogP contribution in [0.5, 0.6) is 0 Å². The first-order chi connectivity index (χ1) is 15.7. The summed E-state index contributed by atoms with van der Waals surface area (Å²) in [5.41, 5.74) is 4.40. The Morgan fingerprint density at radius 3 is 2.52 bits per heavy atom. The quantitative estimate of drug-likeness (QED) is 0.369. The van der Waals surface area contributed by atoms with Crippen molar-refractivity contribution in [3.8, 4) is 0 Å². The lowest BCUT2D eigenvalue weighted by Crippen LogP contribution is -2.40. The van der Waals surface area contributed by atoms with Crippen molar-refractivity contribution in [3.05, 3.63) is 53.1 Å². The van der Waals surface area contributed by atoms with Crippen LogP contribution in [0.3, 0.4) is 0 Å². The van der Waals surface area contributed by atoms with Crippen molar-refractivity contribution in [1.29, 1.82) is 0 Å². The normalized spacial score (nSPS) is 16.2. The molecule has 1 unspecified atom stereocenters. The second-order valence-electron chi connectivity index (χ2n) is 8.23. The molecule has 1 aromatic heterocycles. The predicted molar refractivity (Wildman–Crippen MR) is 131 cm³/mol. The van der Waals surface area contributed by atoms with Crippen molar-refractivity contribution in [2.24, 2.45) is 0 Å². The Bertz CT molecular complexity index is 1290. The zero-order chi connectivity index (χ0) is 23.8. The molecule has 0 amide bonds. The number of thioether (sulfide) groups is 1. The molecule has 1 saturated heterocycles. The van der Waals surface area contributed by atoms with Gasteiger partial charge in [0.25, 0.3) is 0 Å². The topological polar surface area (TPSA) is 81.5 Å². The Morgan fingerprint density at radius 1 is 1.12 bits per heavy atom. The van der Waals surface area contributed by atoms with E-state index < -0.39 is 10.0 Å². The largest absolute Gasteiger partial charge is 0.379 e. The molecule has 1 atom stereocenters. The van der Waals surface area contributed by atoms with Crippen LogP contribution >= 0.6 is 11.8 Å². The van der Waals surface area contributed by atoms with E-state index in [9.17, 15) is 13.2 Å². The number of nitrogens with zero attached hydrogens (tertiary/aromatic N) is 3. The van der Waals surface area contributed by atoms with Crippen molar-refractivity contribution < 1.29 is 17.9 Å². The average molecular weight is 488 g/mol. The second-order valence-corrected chi connectivity index (χ2v) is 11.5. The molecule has 4 rings (SSSR count).